The molecule has 0 fully saturated rings. The topological polar surface area (TPSA) is 29.1 Å². The Bertz CT molecular complexity index is 655. The van der Waals surface area contributed by atoms with Crippen molar-refractivity contribution >= 4 is 23.2 Å². The molecule has 2 rings (SSSR count). The number of carbonyl (C=O) groups is 1. The quantitative estimate of drug-likeness (QED) is 0.885. The first-order valence-corrected chi connectivity index (χ1v) is 6.44. The minimum absolute atomic E-state index is 0.142. The predicted molar refractivity (Wildman–Crippen MR) is 75.2 cm³/mol. The smallest absolute Gasteiger partial charge is 0.326 e. The van der Waals surface area contributed by atoms with Crippen LogP contribution in [0.25, 0.3) is 0 Å². The van der Waals surface area contributed by atoms with Crippen LogP contribution in [0.2, 0.25) is 5.02 Å². The van der Waals surface area contributed by atoms with E-state index >= 15 is 0 Å². The van der Waals surface area contributed by atoms with Gasteiger partial charge in [0.15, 0.2) is 0 Å². The molecule has 1 amide bonds. The van der Waals surface area contributed by atoms with Crippen LogP contribution >= 0.6 is 11.6 Å². The van der Waals surface area contributed by atoms with Crippen LogP contribution in [0.3, 0.4) is 0 Å². The van der Waals surface area contributed by atoms with Gasteiger partial charge >= 0.3 is 6.18 Å². The molecule has 0 unspecified atom stereocenters. The first-order chi connectivity index (χ1) is 9.84. The summed E-state index contributed by atoms with van der Waals surface area (Å²) < 4.78 is 37.7. The molecule has 0 aliphatic carbocycles. The highest BCUT2D eigenvalue weighted by Crippen LogP contribution is 2.29. The van der Waals surface area contributed by atoms with Crippen LogP contribution in [-0.2, 0) is 17.4 Å². The van der Waals surface area contributed by atoms with E-state index in [1.54, 1.807) is 24.3 Å². The standard InChI is InChI=1S/C15H11ClF3NO/c16-12-5-2-6-13(9-12)20-14(21)8-10-3-1-4-11(7-10)15(17,18)19/h1-7,9H,8H2,(H,20,21). The second-order valence-electron chi connectivity index (χ2n) is 4.43. The van der Waals surface area contributed by atoms with Gasteiger partial charge in [-0.2, -0.15) is 13.2 Å². The van der Waals surface area contributed by atoms with E-state index in [2.05, 4.69) is 5.32 Å². The summed E-state index contributed by atoms with van der Waals surface area (Å²) in [5.41, 5.74) is 0.0272. The Morgan fingerprint density at radius 1 is 1.10 bits per heavy atom. The number of hydrogen-bond donors (Lipinski definition) is 1. The summed E-state index contributed by atoms with van der Waals surface area (Å²) in [6.07, 6.45) is -4.56. The summed E-state index contributed by atoms with van der Waals surface area (Å²) in [7, 11) is 0. The van der Waals surface area contributed by atoms with Gasteiger partial charge in [0.05, 0.1) is 12.0 Å². The lowest BCUT2D eigenvalue weighted by atomic mass is 10.1. The first kappa shape index (κ1) is 15.4. The number of rotatable bonds is 3. The third-order valence-corrected chi connectivity index (χ3v) is 2.96. The molecule has 2 aromatic rings. The van der Waals surface area contributed by atoms with Gasteiger partial charge in [0, 0.05) is 10.7 Å². The van der Waals surface area contributed by atoms with Crippen molar-refractivity contribution in [1.82, 2.24) is 0 Å². The Labute approximate surface area is 124 Å². The minimum atomic E-state index is -4.42. The number of halogens is 4. The highest BCUT2D eigenvalue weighted by Gasteiger charge is 2.30. The molecule has 0 aliphatic heterocycles. The highest BCUT2D eigenvalue weighted by molar-refractivity contribution is 6.30. The summed E-state index contributed by atoms with van der Waals surface area (Å²) >= 11 is 5.78. The Hall–Kier alpha value is -2.01. The Morgan fingerprint density at radius 2 is 1.81 bits per heavy atom. The van der Waals surface area contributed by atoms with E-state index in [-0.39, 0.29) is 6.42 Å². The van der Waals surface area contributed by atoms with Gasteiger partial charge in [0.1, 0.15) is 0 Å². The minimum Gasteiger partial charge on any atom is -0.326 e. The zero-order valence-electron chi connectivity index (χ0n) is 10.7. The summed E-state index contributed by atoms with van der Waals surface area (Å²) in [5, 5.41) is 3.05. The van der Waals surface area contributed by atoms with E-state index < -0.39 is 17.6 Å². The number of alkyl halides is 3. The van der Waals surface area contributed by atoms with Crippen molar-refractivity contribution in [2.75, 3.05) is 5.32 Å². The van der Waals surface area contributed by atoms with Crippen LogP contribution < -0.4 is 5.32 Å². The van der Waals surface area contributed by atoms with Gasteiger partial charge in [0.2, 0.25) is 5.91 Å². The number of anilines is 1. The van der Waals surface area contributed by atoms with Crippen LogP contribution in [0.1, 0.15) is 11.1 Å². The van der Waals surface area contributed by atoms with Gasteiger partial charge in [-0.3, -0.25) is 4.79 Å². The van der Waals surface area contributed by atoms with Crippen LogP contribution in [0.5, 0.6) is 0 Å². The molecule has 0 aliphatic rings. The molecule has 21 heavy (non-hydrogen) atoms. The lowest BCUT2D eigenvalue weighted by Crippen LogP contribution is -2.15. The molecule has 0 saturated carbocycles. The van der Waals surface area contributed by atoms with Gasteiger partial charge in [-0.25, -0.2) is 0 Å². The fourth-order valence-corrected chi connectivity index (χ4v) is 2.00. The van der Waals surface area contributed by atoms with Gasteiger partial charge in [-0.15, -0.1) is 0 Å². The number of carbonyl (C=O) groups excluding carboxylic acids is 1. The monoisotopic (exact) mass is 313 g/mol. The Balaban J connectivity index is 2.06. The van der Waals surface area contributed by atoms with E-state index in [1.807, 2.05) is 0 Å². The van der Waals surface area contributed by atoms with Crippen LogP contribution in [0.15, 0.2) is 48.5 Å². The summed E-state index contributed by atoms with van der Waals surface area (Å²) in [6.45, 7) is 0. The molecule has 0 saturated heterocycles. The number of benzene rings is 2. The summed E-state index contributed by atoms with van der Waals surface area (Å²) in [6, 6.07) is 11.2. The number of hydrogen-bond acceptors (Lipinski definition) is 1. The molecule has 110 valence electrons. The van der Waals surface area contributed by atoms with Gasteiger partial charge < -0.3 is 5.32 Å². The van der Waals surface area contributed by atoms with Crippen LogP contribution in [0.4, 0.5) is 18.9 Å². The van der Waals surface area contributed by atoms with Crippen molar-refractivity contribution < 1.29 is 18.0 Å². The van der Waals surface area contributed by atoms with Crippen molar-refractivity contribution in [3.63, 3.8) is 0 Å². The van der Waals surface area contributed by atoms with Gasteiger partial charge in [0.25, 0.3) is 0 Å². The molecule has 2 aromatic carbocycles. The van der Waals surface area contributed by atoms with E-state index in [0.29, 0.717) is 16.3 Å². The van der Waals surface area contributed by atoms with Crippen molar-refractivity contribution in [1.29, 1.82) is 0 Å². The summed E-state index contributed by atoms with van der Waals surface area (Å²) in [4.78, 5) is 11.8. The van der Waals surface area contributed by atoms with Crippen molar-refractivity contribution in [2.45, 2.75) is 12.6 Å². The van der Waals surface area contributed by atoms with Gasteiger partial charge in [-0.1, -0.05) is 35.9 Å². The van der Waals surface area contributed by atoms with E-state index in [0.717, 1.165) is 12.1 Å². The molecule has 6 heteroatoms. The predicted octanol–water partition coefficient (Wildman–Crippen LogP) is 4.54. The van der Waals surface area contributed by atoms with Crippen molar-refractivity contribution in [2.24, 2.45) is 0 Å². The van der Waals surface area contributed by atoms with Gasteiger partial charge in [-0.05, 0) is 29.8 Å². The van der Waals surface area contributed by atoms with Crippen LogP contribution in [0, 0.1) is 0 Å². The number of nitrogens with one attached hydrogen (secondary N) is 1. The van der Waals surface area contributed by atoms with Crippen LogP contribution in [-0.4, -0.2) is 5.91 Å². The van der Waals surface area contributed by atoms with E-state index in [4.69, 9.17) is 11.6 Å². The maximum Gasteiger partial charge on any atom is 0.416 e. The SMILES string of the molecule is O=C(Cc1cccc(C(F)(F)F)c1)Nc1cccc(Cl)c1. The molecule has 0 atom stereocenters. The maximum absolute atomic E-state index is 12.6. The molecule has 0 radical (unpaired) electrons. The van der Waals surface area contributed by atoms with E-state index in [9.17, 15) is 18.0 Å². The number of amides is 1. The largest absolute Gasteiger partial charge is 0.416 e. The molecule has 0 bridgehead atoms. The molecule has 0 heterocycles. The second-order valence-corrected chi connectivity index (χ2v) is 4.87. The summed E-state index contributed by atoms with van der Waals surface area (Å²) in [5.74, 6) is -0.406. The molecular formula is C15H11ClF3NO. The zero-order chi connectivity index (χ0) is 15.5. The average Bonchev–Trinajstić information content (AvgIpc) is 2.37. The average molecular weight is 314 g/mol. The maximum atomic E-state index is 12.6. The third-order valence-electron chi connectivity index (χ3n) is 2.73. The second kappa shape index (κ2) is 6.18. The molecule has 0 aromatic heterocycles. The Morgan fingerprint density at radius 3 is 2.48 bits per heavy atom. The third kappa shape index (κ3) is 4.49. The molecule has 2 nitrogen and oxygen atoms in total. The molecular weight excluding hydrogens is 303 g/mol. The molecule has 1 N–H and O–H groups in total. The normalized spacial score (nSPS) is 11.2. The molecule has 0 spiro atoms. The fourth-order valence-electron chi connectivity index (χ4n) is 1.81. The lowest BCUT2D eigenvalue weighted by Gasteiger charge is -2.09. The highest BCUT2D eigenvalue weighted by atomic mass is 35.5. The Kier molecular flexibility index (Phi) is 4.53. The van der Waals surface area contributed by atoms with Crippen molar-refractivity contribution in [3.8, 4) is 0 Å². The first-order valence-electron chi connectivity index (χ1n) is 6.06. The fraction of sp³-hybridized carbons (Fsp3) is 0.133. The zero-order valence-corrected chi connectivity index (χ0v) is 11.5. The van der Waals surface area contributed by atoms with Crippen molar-refractivity contribution in [3.05, 3.63) is 64.7 Å². The van der Waals surface area contributed by atoms with E-state index in [1.165, 1.54) is 12.1 Å². The lowest BCUT2D eigenvalue weighted by molar-refractivity contribution is -0.137.